The number of oxazole rings is 1. The standard InChI is InChI=1S/C29H40N4O4Si/c1-31(2)29(22-10-7-6-8-11-22)16-14-28(15-17-29)20-32(26(34)30-28)23-12-9-13-24-25(23)37-27(35)33(24)21-36-18-19-38(3,4)5/h6-13H,14-21H2,1-5H3,(H,30,34). The highest BCUT2D eigenvalue weighted by atomic mass is 28.3. The second kappa shape index (κ2) is 10.0. The van der Waals surface area contributed by atoms with Crippen LogP contribution in [0.3, 0.4) is 0 Å². The fraction of sp³-hybridized carbons (Fsp3) is 0.517. The molecule has 1 aliphatic heterocycles. The first-order valence-corrected chi connectivity index (χ1v) is 17.3. The molecule has 2 fully saturated rings. The van der Waals surface area contributed by atoms with Gasteiger partial charge in [-0.15, -0.1) is 0 Å². The third-order valence-electron chi connectivity index (χ3n) is 8.46. The number of rotatable bonds is 8. The van der Waals surface area contributed by atoms with E-state index in [0.717, 1.165) is 31.7 Å². The van der Waals surface area contributed by atoms with Crippen molar-refractivity contribution in [2.75, 3.05) is 32.1 Å². The Morgan fingerprint density at radius 2 is 1.71 bits per heavy atom. The number of urea groups is 1. The minimum Gasteiger partial charge on any atom is -0.405 e. The molecule has 0 bridgehead atoms. The maximum atomic E-state index is 13.3. The summed E-state index contributed by atoms with van der Waals surface area (Å²) in [5, 5.41) is 3.31. The lowest BCUT2D eigenvalue weighted by Crippen LogP contribution is -2.54. The third-order valence-corrected chi connectivity index (χ3v) is 10.2. The normalized spacial score (nSPS) is 24.1. The molecular formula is C29H40N4O4Si. The fourth-order valence-corrected chi connectivity index (χ4v) is 6.77. The molecule has 2 amide bonds. The number of hydrogen-bond donors (Lipinski definition) is 1. The number of anilines is 1. The van der Waals surface area contributed by atoms with Gasteiger partial charge in [0.25, 0.3) is 0 Å². The number of hydrogen-bond acceptors (Lipinski definition) is 5. The van der Waals surface area contributed by atoms with Crippen molar-refractivity contribution < 1.29 is 13.9 Å². The number of para-hydroxylation sites is 1. The minimum absolute atomic E-state index is 0.0514. The lowest BCUT2D eigenvalue weighted by atomic mass is 9.69. The van der Waals surface area contributed by atoms with E-state index in [0.29, 0.717) is 29.9 Å². The lowest BCUT2D eigenvalue weighted by Gasteiger charge is -2.48. The number of amides is 2. The molecule has 1 N–H and O–H groups in total. The van der Waals surface area contributed by atoms with Gasteiger partial charge in [0.15, 0.2) is 5.58 Å². The summed E-state index contributed by atoms with van der Waals surface area (Å²) in [5.74, 6) is -0.467. The van der Waals surface area contributed by atoms with Crippen LogP contribution in [-0.4, -0.2) is 56.4 Å². The number of benzene rings is 2. The SMILES string of the molecule is CN(C)C1(c2ccccc2)CCC2(CC1)CN(c1cccc3c1oc(=O)n3COCC[Si](C)(C)C)C(=O)N2. The van der Waals surface area contributed by atoms with Gasteiger partial charge >= 0.3 is 11.8 Å². The van der Waals surface area contributed by atoms with Crippen molar-refractivity contribution in [1.82, 2.24) is 14.8 Å². The van der Waals surface area contributed by atoms with Crippen LogP contribution < -0.4 is 16.0 Å². The molecule has 0 unspecified atom stereocenters. The molecular weight excluding hydrogens is 496 g/mol. The number of nitrogens with zero attached hydrogens (tertiary/aromatic N) is 3. The number of aromatic nitrogens is 1. The van der Waals surface area contributed by atoms with E-state index < -0.39 is 13.8 Å². The molecule has 8 nitrogen and oxygen atoms in total. The number of ether oxygens (including phenoxy) is 1. The smallest absolute Gasteiger partial charge is 0.405 e. The maximum absolute atomic E-state index is 13.3. The minimum atomic E-state index is -1.23. The lowest BCUT2D eigenvalue weighted by molar-refractivity contribution is 0.0658. The van der Waals surface area contributed by atoms with Gasteiger partial charge in [-0.1, -0.05) is 56.0 Å². The fourth-order valence-electron chi connectivity index (χ4n) is 6.01. The zero-order valence-corrected chi connectivity index (χ0v) is 24.3. The Morgan fingerprint density at radius 3 is 2.37 bits per heavy atom. The Labute approximate surface area is 225 Å². The van der Waals surface area contributed by atoms with Crippen LogP contribution in [-0.2, 0) is 17.0 Å². The summed E-state index contributed by atoms with van der Waals surface area (Å²) >= 11 is 0. The molecule has 2 aromatic carbocycles. The van der Waals surface area contributed by atoms with Crippen LogP contribution in [0.1, 0.15) is 31.2 Å². The van der Waals surface area contributed by atoms with Crippen molar-refractivity contribution in [3.63, 3.8) is 0 Å². The van der Waals surface area contributed by atoms with Crippen LogP contribution in [0, 0.1) is 0 Å². The Hall–Kier alpha value is -2.88. The first-order chi connectivity index (χ1) is 18.0. The van der Waals surface area contributed by atoms with E-state index in [9.17, 15) is 9.59 Å². The molecule has 2 aliphatic rings. The van der Waals surface area contributed by atoms with Crippen LogP contribution in [0.5, 0.6) is 0 Å². The summed E-state index contributed by atoms with van der Waals surface area (Å²) in [6.45, 7) is 8.19. The van der Waals surface area contributed by atoms with Gasteiger partial charge in [0.2, 0.25) is 0 Å². The first-order valence-electron chi connectivity index (χ1n) is 13.6. The van der Waals surface area contributed by atoms with Crippen LogP contribution in [0.15, 0.2) is 57.7 Å². The van der Waals surface area contributed by atoms with E-state index in [-0.39, 0.29) is 23.8 Å². The van der Waals surface area contributed by atoms with Gasteiger partial charge in [-0.3, -0.25) is 9.80 Å². The average molecular weight is 537 g/mol. The van der Waals surface area contributed by atoms with Crippen LogP contribution in [0.4, 0.5) is 10.5 Å². The van der Waals surface area contributed by atoms with Crippen molar-refractivity contribution in [3.8, 4) is 0 Å². The molecule has 1 saturated carbocycles. The summed E-state index contributed by atoms with van der Waals surface area (Å²) in [4.78, 5) is 30.1. The average Bonchev–Trinajstić information content (AvgIpc) is 3.37. The van der Waals surface area contributed by atoms with Crippen molar-refractivity contribution in [2.24, 2.45) is 0 Å². The van der Waals surface area contributed by atoms with Gasteiger partial charge in [0.05, 0.1) is 23.3 Å². The molecule has 1 aliphatic carbocycles. The van der Waals surface area contributed by atoms with Crippen LogP contribution in [0.25, 0.3) is 11.1 Å². The highest BCUT2D eigenvalue weighted by Gasteiger charge is 2.50. The summed E-state index contributed by atoms with van der Waals surface area (Å²) < 4.78 is 13.0. The predicted molar refractivity (Wildman–Crippen MR) is 153 cm³/mol. The number of carbonyl (C=O) groups excluding carboxylic acids is 1. The Bertz CT molecular complexity index is 1350. The highest BCUT2D eigenvalue weighted by molar-refractivity contribution is 6.76. The van der Waals surface area contributed by atoms with Crippen molar-refractivity contribution >= 4 is 30.9 Å². The van der Waals surface area contributed by atoms with Gasteiger partial charge in [-0.25, -0.2) is 14.2 Å². The quantitative estimate of drug-likeness (QED) is 0.316. The van der Waals surface area contributed by atoms with Gasteiger partial charge in [-0.05, 0) is 63.5 Å². The van der Waals surface area contributed by atoms with Gasteiger partial charge in [-0.2, -0.15) is 0 Å². The van der Waals surface area contributed by atoms with E-state index >= 15 is 0 Å². The van der Waals surface area contributed by atoms with E-state index in [1.165, 1.54) is 10.1 Å². The number of fused-ring (bicyclic) bond motifs is 1. The van der Waals surface area contributed by atoms with E-state index in [2.05, 4.69) is 74.3 Å². The Balaban J connectivity index is 1.35. The summed E-state index contributed by atoms with van der Waals surface area (Å²) in [6.07, 6.45) is 3.63. The summed E-state index contributed by atoms with van der Waals surface area (Å²) in [7, 11) is 3.07. The van der Waals surface area contributed by atoms with Crippen LogP contribution >= 0.6 is 0 Å². The van der Waals surface area contributed by atoms with Gasteiger partial charge in [0, 0.05) is 20.2 Å². The zero-order valence-electron chi connectivity index (χ0n) is 23.3. The zero-order chi connectivity index (χ0) is 27.1. The molecule has 9 heteroatoms. The van der Waals surface area contributed by atoms with Crippen molar-refractivity contribution in [3.05, 3.63) is 64.6 Å². The van der Waals surface area contributed by atoms with E-state index in [1.807, 2.05) is 18.2 Å². The molecule has 204 valence electrons. The predicted octanol–water partition coefficient (Wildman–Crippen LogP) is 5.21. The molecule has 2 heterocycles. The molecule has 38 heavy (non-hydrogen) atoms. The van der Waals surface area contributed by atoms with Crippen LogP contribution in [0.2, 0.25) is 25.7 Å². The first kappa shape index (κ1) is 26.7. The summed E-state index contributed by atoms with van der Waals surface area (Å²) in [5.41, 5.74) is 2.67. The van der Waals surface area contributed by atoms with E-state index in [4.69, 9.17) is 9.15 Å². The van der Waals surface area contributed by atoms with E-state index in [1.54, 1.807) is 4.90 Å². The molecule has 1 saturated heterocycles. The molecule has 0 atom stereocenters. The number of carbonyl (C=O) groups is 1. The van der Waals surface area contributed by atoms with Crippen molar-refractivity contribution in [1.29, 1.82) is 0 Å². The molecule has 1 aromatic heterocycles. The van der Waals surface area contributed by atoms with Crippen molar-refractivity contribution in [2.45, 2.75) is 69.2 Å². The molecule has 3 aromatic rings. The number of nitrogens with one attached hydrogen (secondary N) is 1. The monoisotopic (exact) mass is 536 g/mol. The largest absolute Gasteiger partial charge is 0.421 e. The Morgan fingerprint density at radius 1 is 1.00 bits per heavy atom. The molecule has 1 spiro atoms. The second-order valence-electron chi connectivity index (χ2n) is 12.4. The highest BCUT2D eigenvalue weighted by Crippen LogP contribution is 2.46. The maximum Gasteiger partial charge on any atom is 0.421 e. The topological polar surface area (TPSA) is 79.9 Å². The third kappa shape index (κ3) is 4.94. The van der Waals surface area contributed by atoms with Gasteiger partial charge < -0.3 is 14.5 Å². The Kier molecular flexibility index (Phi) is 7.04. The molecule has 5 rings (SSSR count). The van der Waals surface area contributed by atoms with Gasteiger partial charge in [0.1, 0.15) is 6.73 Å². The summed E-state index contributed by atoms with van der Waals surface area (Å²) in [6, 6.07) is 17.1. The molecule has 0 radical (unpaired) electrons. The second-order valence-corrected chi connectivity index (χ2v) is 18.0.